The van der Waals surface area contributed by atoms with Crippen LogP contribution in [-0.4, -0.2) is 17.1 Å². The van der Waals surface area contributed by atoms with Gasteiger partial charge in [0, 0.05) is 16.6 Å². The molecule has 1 heterocycles. The molecule has 0 saturated heterocycles. The van der Waals surface area contributed by atoms with E-state index >= 15 is 0 Å². The zero-order valence-electron chi connectivity index (χ0n) is 15.1. The minimum atomic E-state index is -0.558. The number of nitrogens with one attached hydrogen (secondary N) is 1. The summed E-state index contributed by atoms with van der Waals surface area (Å²) in [5.41, 5.74) is 1.19. The van der Waals surface area contributed by atoms with Crippen LogP contribution in [0, 0.1) is 10.1 Å². The number of rotatable bonds is 8. The third-order valence-corrected chi connectivity index (χ3v) is 4.65. The lowest BCUT2D eigenvalue weighted by molar-refractivity contribution is -0.385. The van der Waals surface area contributed by atoms with Gasteiger partial charge in [0.05, 0.1) is 17.8 Å². The van der Waals surface area contributed by atoms with Crippen molar-refractivity contribution >= 4 is 29.0 Å². The van der Waals surface area contributed by atoms with Crippen molar-refractivity contribution in [3.05, 3.63) is 87.9 Å². The molecule has 2 aromatic carbocycles. The number of carbonyl (C=O) groups excluding carboxylic acids is 1. The van der Waals surface area contributed by atoms with Gasteiger partial charge in [0.25, 0.3) is 11.6 Å². The van der Waals surface area contributed by atoms with Crippen LogP contribution in [0.3, 0.4) is 0 Å². The number of anilines is 1. The maximum atomic E-state index is 12.6. The number of nitro groups is 1. The average molecular weight is 398 g/mol. The Morgan fingerprint density at radius 1 is 1.18 bits per heavy atom. The fraction of sp³-hybridized carbons (Fsp3) is 0.150. The molecule has 0 aliphatic carbocycles. The normalized spacial score (nSPS) is 10.6. The van der Waals surface area contributed by atoms with E-state index in [0.717, 1.165) is 16.2 Å². The van der Waals surface area contributed by atoms with E-state index in [-0.39, 0.29) is 11.3 Å². The van der Waals surface area contributed by atoms with Gasteiger partial charge >= 0.3 is 0 Å². The highest BCUT2D eigenvalue weighted by Crippen LogP contribution is 2.26. The predicted octanol–water partition coefficient (Wildman–Crippen LogP) is 4.88. The first kappa shape index (κ1) is 19.7. The smallest absolute Gasteiger partial charge is 0.282 e. The lowest BCUT2D eigenvalue weighted by atomic mass is 10.1. The fourth-order valence-electron chi connectivity index (χ4n) is 2.58. The third kappa shape index (κ3) is 4.99. The van der Waals surface area contributed by atoms with Gasteiger partial charge in [-0.2, -0.15) is 0 Å². The molecule has 1 aromatic heterocycles. The molecule has 0 aliphatic heterocycles. The molecule has 28 heavy (non-hydrogen) atoms. The largest absolute Gasteiger partial charge is 0.467 e. The number of nitro benzene ring substituents is 1. The number of amides is 1. The van der Waals surface area contributed by atoms with E-state index in [1.54, 1.807) is 36.6 Å². The molecule has 0 aliphatic rings. The van der Waals surface area contributed by atoms with Crippen LogP contribution in [0.4, 0.5) is 11.4 Å². The maximum absolute atomic E-state index is 12.6. The second kappa shape index (κ2) is 9.20. The lowest BCUT2D eigenvalue weighted by Gasteiger charge is -2.09. The van der Waals surface area contributed by atoms with Gasteiger partial charge in [-0.25, -0.2) is 0 Å². The van der Waals surface area contributed by atoms with Crippen LogP contribution in [0.5, 0.6) is 0 Å². The molecule has 0 radical (unpaired) electrons. The van der Waals surface area contributed by atoms with Crippen LogP contribution in [-0.2, 0) is 18.0 Å². The van der Waals surface area contributed by atoms with E-state index in [9.17, 15) is 14.9 Å². The Labute approximate surface area is 165 Å². The number of hydrogen-bond acceptors (Lipinski definition) is 6. The fourth-order valence-corrected chi connectivity index (χ4v) is 3.02. The molecule has 0 spiro atoms. The molecule has 8 heteroatoms. The molecule has 3 aromatic rings. The van der Waals surface area contributed by atoms with Crippen LogP contribution in [0.2, 0.25) is 0 Å². The number of ether oxygens (including phenoxy) is 1. The van der Waals surface area contributed by atoms with Crippen molar-refractivity contribution in [3.63, 3.8) is 0 Å². The monoisotopic (exact) mass is 398 g/mol. The molecule has 0 bridgehead atoms. The van der Waals surface area contributed by atoms with Gasteiger partial charge in [-0.15, -0.1) is 11.8 Å². The summed E-state index contributed by atoms with van der Waals surface area (Å²) in [7, 11) is 0. The quantitative estimate of drug-likeness (QED) is 0.330. The predicted molar refractivity (Wildman–Crippen MR) is 106 cm³/mol. The first-order valence-corrected chi connectivity index (χ1v) is 9.62. The Hall–Kier alpha value is -3.10. The van der Waals surface area contributed by atoms with E-state index in [1.165, 1.54) is 23.9 Å². The summed E-state index contributed by atoms with van der Waals surface area (Å²) in [5.74, 6) is 0.196. The second-order valence-electron chi connectivity index (χ2n) is 5.87. The number of hydrogen-bond donors (Lipinski definition) is 1. The highest BCUT2D eigenvalue weighted by molar-refractivity contribution is 7.98. The molecule has 0 saturated carbocycles. The molecule has 1 amide bonds. The van der Waals surface area contributed by atoms with Crippen molar-refractivity contribution in [2.75, 3.05) is 11.6 Å². The average Bonchev–Trinajstić information content (AvgIpc) is 3.21. The van der Waals surface area contributed by atoms with Gasteiger partial charge in [-0.3, -0.25) is 14.9 Å². The summed E-state index contributed by atoms with van der Waals surface area (Å²) in [6, 6.07) is 15.3. The van der Waals surface area contributed by atoms with Crippen LogP contribution in [0.1, 0.15) is 21.7 Å². The summed E-state index contributed by atoms with van der Waals surface area (Å²) in [4.78, 5) is 24.1. The SMILES string of the molecule is CSc1ccc([N+](=O)[O-])c(C(=O)Nc2cccc(COCc3ccco3)c2)c1. The highest BCUT2D eigenvalue weighted by Gasteiger charge is 2.20. The minimum absolute atomic E-state index is 0.0244. The van der Waals surface area contributed by atoms with Crippen LogP contribution in [0.15, 0.2) is 70.2 Å². The summed E-state index contributed by atoms with van der Waals surface area (Å²) in [6.45, 7) is 0.684. The molecule has 0 fully saturated rings. The van der Waals surface area contributed by atoms with Crippen molar-refractivity contribution in [3.8, 4) is 0 Å². The minimum Gasteiger partial charge on any atom is -0.467 e. The zero-order valence-corrected chi connectivity index (χ0v) is 15.9. The lowest BCUT2D eigenvalue weighted by Crippen LogP contribution is -2.14. The third-order valence-electron chi connectivity index (χ3n) is 3.92. The van der Waals surface area contributed by atoms with Crippen LogP contribution in [0.25, 0.3) is 0 Å². The molecule has 7 nitrogen and oxygen atoms in total. The second-order valence-corrected chi connectivity index (χ2v) is 6.75. The summed E-state index contributed by atoms with van der Waals surface area (Å²) in [5, 5.41) is 14.0. The van der Waals surface area contributed by atoms with E-state index in [4.69, 9.17) is 9.15 Å². The van der Waals surface area contributed by atoms with Crippen molar-refractivity contribution in [1.82, 2.24) is 0 Å². The van der Waals surface area contributed by atoms with E-state index < -0.39 is 10.8 Å². The Morgan fingerprint density at radius 2 is 2.04 bits per heavy atom. The molecule has 0 unspecified atom stereocenters. The van der Waals surface area contributed by atoms with Crippen LogP contribution < -0.4 is 5.32 Å². The van der Waals surface area contributed by atoms with Crippen LogP contribution >= 0.6 is 11.8 Å². The van der Waals surface area contributed by atoms with Gasteiger partial charge in [-0.05, 0) is 48.2 Å². The molecule has 144 valence electrons. The summed E-state index contributed by atoms with van der Waals surface area (Å²) >= 11 is 1.41. The molecule has 0 atom stereocenters. The summed E-state index contributed by atoms with van der Waals surface area (Å²) < 4.78 is 10.8. The zero-order chi connectivity index (χ0) is 19.9. The van der Waals surface area contributed by atoms with Gasteiger partial charge in [0.2, 0.25) is 0 Å². The van der Waals surface area contributed by atoms with E-state index in [1.807, 2.05) is 18.4 Å². The Bertz CT molecular complexity index is 972. The Balaban J connectivity index is 1.69. The number of furan rings is 1. The number of carbonyl (C=O) groups is 1. The topological polar surface area (TPSA) is 94.6 Å². The molecule has 3 rings (SSSR count). The number of nitrogens with zero attached hydrogens (tertiary/aromatic N) is 1. The van der Waals surface area contributed by atoms with Crippen molar-refractivity contribution < 1.29 is 18.9 Å². The number of thioether (sulfide) groups is 1. The number of benzene rings is 2. The Kier molecular flexibility index (Phi) is 6.46. The first-order chi connectivity index (χ1) is 13.6. The van der Waals surface area contributed by atoms with Crippen molar-refractivity contribution in [2.24, 2.45) is 0 Å². The van der Waals surface area contributed by atoms with E-state index in [2.05, 4.69) is 5.32 Å². The maximum Gasteiger partial charge on any atom is 0.282 e. The summed E-state index contributed by atoms with van der Waals surface area (Å²) in [6.07, 6.45) is 3.43. The van der Waals surface area contributed by atoms with Crippen molar-refractivity contribution in [1.29, 1.82) is 0 Å². The highest BCUT2D eigenvalue weighted by atomic mass is 32.2. The van der Waals surface area contributed by atoms with Gasteiger partial charge < -0.3 is 14.5 Å². The van der Waals surface area contributed by atoms with Gasteiger partial charge in [0.15, 0.2) is 0 Å². The van der Waals surface area contributed by atoms with E-state index in [0.29, 0.717) is 18.9 Å². The first-order valence-electron chi connectivity index (χ1n) is 8.39. The molecule has 1 N–H and O–H groups in total. The van der Waals surface area contributed by atoms with Crippen molar-refractivity contribution in [2.45, 2.75) is 18.1 Å². The Morgan fingerprint density at radius 3 is 2.75 bits per heavy atom. The standard InChI is InChI=1S/C20H18N2O5S/c1-28-17-7-8-19(22(24)25)18(11-17)20(23)21-15-5-2-4-14(10-15)12-26-13-16-6-3-9-27-16/h2-11H,12-13H2,1H3,(H,21,23). The van der Waals surface area contributed by atoms with Gasteiger partial charge in [-0.1, -0.05) is 12.1 Å². The van der Waals surface area contributed by atoms with Gasteiger partial charge in [0.1, 0.15) is 17.9 Å². The molecular formula is C20H18N2O5S. The molecular weight excluding hydrogens is 380 g/mol.